The molecule has 0 bridgehead atoms. The molecule has 0 saturated heterocycles. The molecule has 0 unspecified atom stereocenters. The number of hydrogen-bond donors (Lipinski definition) is 0. The zero-order valence-corrected chi connectivity index (χ0v) is 12.6. The van der Waals surface area contributed by atoms with Crippen molar-refractivity contribution in [2.24, 2.45) is 0 Å². The zero-order valence-electron chi connectivity index (χ0n) is 12.6. The van der Waals surface area contributed by atoms with Crippen molar-refractivity contribution in [1.29, 1.82) is 0 Å². The second-order valence-corrected chi connectivity index (χ2v) is 5.23. The summed E-state index contributed by atoms with van der Waals surface area (Å²) in [4.78, 5) is 2.16. The van der Waals surface area contributed by atoms with E-state index in [-0.39, 0.29) is 0 Å². The van der Waals surface area contributed by atoms with Gasteiger partial charge in [0.1, 0.15) is 11.5 Å². The molecule has 110 valence electrons. The van der Waals surface area contributed by atoms with Crippen molar-refractivity contribution in [2.45, 2.75) is 19.8 Å². The standard InChI is InChI=1S/C18H21NO2/c1-3-20-17-10-8-15(9-11-17)19(2)16-7-6-14-5-4-12-21-18(14)13-16/h6-11,13H,3-5,12H2,1-2H3. The number of anilines is 2. The van der Waals surface area contributed by atoms with E-state index < -0.39 is 0 Å². The number of nitrogens with zero attached hydrogens (tertiary/aromatic N) is 1. The lowest BCUT2D eigenvalue weighted by molar-refractivity contribution is 0.288. The predicted molar refractivity (Wildman–Crippen MR) is 85.9 cm³/mol. The molecule has 2 aromatic carbocycles. The van der Waals surface area contributed by atoms with Crippen LogP contribution < -0.4 is 14.4 Å². The minimum Gasteiger partial charge on any atom is -0.494 e. The van der Waals surface area contributed by atoms with Crippen molar-refractivity contribution in [3.05, 3.63) is 48.0 Å². The van der Waals surface area contributed by atoms with Crippen LogP contribution in [0.25, 0.3) is 0 Å². The Labute approximate surface area is 126 Å². The van der Waals surface area contributed by atoms with Crippen LogP contribution in [-0.2, 0) is 6.42 Å². The van der Waals surface area contributed by atoms with Crippen molar-refractivity contribution < 1.29 is 9.47 Å². The third-order valence-corrected chi connectivity index (χ3v) is 3.82. The lowest BCUT2D eigenvalue weighted by atomic mass is 10.1. The summed E-state index contributed by atoms with van der Waals surface area (Å²) in [6.07, 6.45) is 2.23. The maximum atomic E-state index is 5.75. The fourth-order valence-electron chi connectivity index (χ4n) is 2.62. The summed E-state index contributed by atoms with van der Waals surface area (Å²) in [5, 5.41) is 0. The number of hydrogen-bond acceptors (Lipinski definition) is 3. The van der Waals surface area contributed by atoms with Crippen LogP contribution in [0.3, 0.4) is 0 Å². The van der Waals surface area contributed by atoms with Gasteiger partial charge in [0.25, 0.3) is 0 Å². The molecule has 0 amide bonds. The smallest absolute Gasteiger partial charge is 0.124 e. The Morgan fingerprint density at radius 1 is 1.10 bits per heavy atom. The maximum absolute atomic E-state index is 5.75. The Kier molecular flexibility index (Phi) is 4.00. The minimum atomic E-state index is 0.692. The van der Waals surface area contributed by atoms with E-state index in [1.54, 1.807) is 0 Å². The Balaban J connectivity index is 1.82. The van der Waals surface area contributed by atoms with Gasteiger partial charge >= 0.3 is 0 Å². The predicted octanol–water partition coefficient (Wildman–Crippen LogP) is 4.18. The first kappa shape index (κ1) is 13.8. The van der Waals surface area contributed by atoms with E-state index >= 15 is 0 Å². The first-order valence-electron chi connectivity index (χ1n) is 7.50. The van der Waals surface area contributed by atoms with E-state index in [4.69, 9.17) is 9.47 Å². The summed E-state index contributed by atoms with van der Waals surface area (Å²) >= 11 is 0. The van der Waals surface area contributed by atoms with Crippen LogP contribution in [0, 0.1) is 0 Å². The highest BCUT2D eigenvalue weighted by Gasteiger charge is 2.12. The first-order chi connectivity index (χ1) is 10.3. The normalized spacial score (nSPS) is 13.2. The van der Waals surface area contributed by atoms with E-state index in [1.165, 1.54) is 5.56 Å². The maximum Gasteiger partial charge on any atom is 0.124 e. The summed E-state index contributed by atoms with van der Waals surface area (Å²) in [6.45, 7) is 3.51. The van der Waals surface area contributed by atoms with Crippen LogP contribution in [0.2, 0.25) is 0 Å². The van der Waals surface area contributed by atoms with Crippen LogP contribution in [0.15, 0.2) is 42.5 Å². The highest BCUT2D eigenvalue weighted by atomic mass is 16.5. The molecule has 1 aliphatic rings. The fraction of sp³-hybridized carbons (Fsp3) is 0.333. The van der Waals surface area contributed by atoms with Gasteiger partial charge in [-0.15, -0.1) is 0 Å². The average Bonchev–Trinajstić information content (AvgIpc) is 2.55. The van der Waals surface area contributed by atoms with Crippen LogP contribution >= 0.6 is 0 Å². The molecule has 0 N–H and O–H groups in total. The Bertz CT molecular complexity index is 607. The van der Waals surface area contributed by atoms with E-state index in [9.17, 15) is 0 Å². The molecule has 3 rings (SSSR count). The lowest BCUT2D eigenvalue weighted by Gasteiger charge is -2.23. The second-order valence-electron chi connectivity index (χ2n) is 5.23. The van der Waals surface area contributed by atoms with E-state index in [0.29, 0.717) is 6.61 Å². The van der Waals surface area contributed by atoms with Gasteiger partial charge in [-0.25, -0.2) is 0 Å². The van der Waals surface area contributed by atoms with Gasteiger partial charge in [-0.1, -0.05) is 6.07 Å². The van der Waals surface area contributed by atoms with Crippen molar-refractivity contribution in [2.75, 3.05) is 25.2 Å². The summed E-state index contributed by atoms with van der Waals surface area (Å²) in [5.41, 5.74) is 3.58. The third-order valence-electron chi connectivity index (χ3n) is 3.82. The number of rotatable bonds is 4. The topological polar surface area (TPSA) is 21.7 Å². The minimum absolute atomic E-state index is 0.692. The molecule has 0 aromatic heterocycles. The van der Waals surface area contributed by atoms with Gasteiger partial charge in [0.2, 0.25) is 0 Å². The molecule has 3 nitrogen and oxygen atoms in total. The molecule has 0 saturated carbocycles. The molecule has 0 aliphatic carbocycles. The van der Waals surface area contributed by atoms with E-state index in [2.05, 4.69) is 42.3 Å². The molecule has 3 heteroatoms. The Hall–Kier alpha value is -2.16. The van der Waals surface area contributed by atoms with Crippen LogP contribution in [0.1, 0.15) is 18.9 Å². The van der Waals surface area contributed by atoms with Crippen LogP contribution in [-0.4, -0.2) is 20.3 Å². The summed E-state index contributed by atoms with van der Waals surface area (Å²) in [7, 11) is 2.07. The number of fused-ring (bicyclic) bond motifs is 1. The first-order valence-corrected chi connectivity index (χ1v) is 7.50. The quantitative estimate of drug-likeness (QED) is 0.840. The number of aryl methyl sites for hydroxylation is 1. The molecule has 2 aromatic rings. The zero-order chi connectivity index (χ0) is 14.7. The van der Waals surface area contributed by atoms with Crippen molar-refractivity contribution >= 4 is 11.4 Å². The lowest BCUT2D eigenvalue weighted by Crippen LogP contribution is -2.12. The SMILES string of the molecule is CCOc1ccc(N(C)c2ccc3c(c2)OCCC3)cc1. The Morgan fingerprint density at radius 3 is 2.62 bits per heavy atom. The van der Waals surface area contributed by atoms with Crippen molar-refractivity contribution in [1.82, 2.24) is 0 Å². The molecule has 1 heterocycles. The molecule has 1 aliphatic heterocycles. The van der Waals surface area contributed by atoms with Gasteiger partial charge in [-0.2, -0.15) is 0 Å². The third kappa shape index (κ3) is 2.97. The van der Waals surface area contributed by atoms with Gasteiger partial charge in [0, 0.05) is 24.5 Å². The van der Waals surface area contributed by atoms with Gasteiger partial charge in [-0.05, 0) is 55.7 Å². The molecule has 0 radical (unpaired) electrons. The molecule has 0 atom stereocenters. The summed E-state index contributed by atoms with van der Waals surface area (Å²) in [6, 6.07) is 14.6. The highest BCUT2D eigenvalue weighted by Crippen LogP contribution is 2.32. The van der Waals surface area contributed by atoms with Crippen molar-refractivity contribution in [3.8, 4) is 11.5 Å². The summed E-state index contributed by atoms with van der Waals surface area (Å²) in [5.74, 6) is 1.93. The molecule has 0 spiro atoms. The average molecular weight is 283 g/mol. The highest BCUT2D eigenvalue weighted by molar-refractivity contribution is 5.65. The molecule has 0 fully saturated rings. The number of ether oxygens (including phenoxy) is 2. The Morgan fingerprint density at radius 2 is 1.86 bits per heavy atom. The van der Waals surface area contributed by atoms with Crippen molar-refractivity contribution in [3.63, 3.8) is 0 Å². The van der Waals surface area contributed by atoms with Gasteiger partial charge < -0.3 is 14.4 Å². The second kappa shape index (κ2) is 6.08. The fourth-order valence-corrected chi connectivity index (χ4v) is 2.62. The van der Waals surface area contributed by atoms with Crippen LogP contribution in [0.4, 0.5) is 11.4 Å². The van der Waals surface area contributed by atoms with E-state index in [0.717, 1.165) is 42.3 Å². The largest absolute Gasteiger partial charge is 0.494 e. The van der Waals surface area contributed by atoms with Gasteiger partial charge in [0.15, 0.2) is 0 Å². The summed E-state index contributed by atoms with van der Waals surface area (Å²) < 4.78 is 11.2. The monoisotopic (exact) mass is 283 g/mol. The van der Waals surface area contributed by atoms with Gasteiger partial charge in [-0.3, -0.25) is 0 Å². The van der Waals surface area contributed by atoms with Crippen LogP contribution in [0.5, 0.6) is 11.5 Å². The van der Waals surface area contributed by atoms with E-state index in [1.807, 2.05) is 19.1 Å². The van der Waals surface area contributed by atoms with Gasteiger partial charge in [0.05, 0.1) is 13.2 Å². The molecule has 21 heavy (non-hydrogen) atoms. The molecular formula is C18H21NO2. The number of benzene rings is 2. The molecular weight excluding hydrogens is 262 g/mol.